The van der Waals surface area contributed by atoms with E-state index in [0.717, 1.165) is 18.6 Å². The topological polar surface area (TPSA) is 21.7 Å². The Labute approximate surface area is 192 Å². The quantitative estimate of drug-likeness (QED) is 0.278. The number of para-hydroxylation sites is 1. The molecule has 172 valence electrons. The van der Waals surface area contributed by atoms with E-state index in [1.54, 1.807) is 7.11 Å². The SMILES string of the molecule is CCC(CC)(Pc1c(C)cccc1N(C(C)C)C(C)C)c1cccc(C)c1OCOC. The van der Waals surface area contributed by atoms with E-state index in [2.05, 4.69) is 96.7 Å². The maximum Gasteiger partial charge on any atom is 0.188 e. The molecule has 3 nitrogen and oxygen atoms in total. The van der Waals surface area contributed by atoms with E-state index in [1.807, 2.05) is 0 Å². The Morgan fingerprint density at radius 1 is 0.903 bits per heavy atom. The first-order chi connectivity index (χ1) is 14.7. The molecule has 0 spiro atoms. The van der Waals surface area contributed by atoms with E-state index in [9.17, 15) is 0 Å². The molecule has 2 aromatic rings. The fourth-order valence-electron chi connectivity index (χ4n) is 4.64. The predicted octanol–water partition coefficient (Wildman–Crippen LogP) is 6.93. The second kappa shape index (κ2) is 11.3. The molecule has 0 amide bonds. The van der Waals surface area contributed by atoms with E-state index >= 15 is 0 Å². The zero-order valence-electron chi connectivity index (χ0n) is 21.0. The molecule has 2 aromatic carbocycles. The van der Waals surface area contributed by atoms with Crippen LogP contribution in [0, 0.1) is 13.8 Å². The van der Waals surface area contributed by atoms with Gasteiger partial charge in [-0.3, -0.25) is 0 Å². The van der Waals surface area contributed by atoms with Crippen molar-refractivity contribution in [1.29, 1.82) is 0 Å². The van der Waals surface area contributed by atoms with Crippen LogP contribution in [0.3, 0.4) is 0 Å². The van der Waals surface area contributed by atoms with Crippen LogP contribution in [0.2, 0.25) is 0 Å². The van der Waals surface area contributed by atoms with Crippen molar-refractivity contribution in [3.63, 3.8) is 0 Å². The third-order valence-electron chi connectivity index (χ3n) is 6.26. The summed E-state index contributed by atoms with van der Waals surface area (Å²) in [6.45, 7) is 18.5. The Balaban J connectivity index is 2.66. The summed E-state index contributed by atoms with van der Waals surface area (Å²) in [7, 11) is 2.33. The standard InChI is InChI=1S/C27H42NO2P/c1-10-27(11-2,23-16-12-14-21(7)25(23)30-18-29-9)31-26-22(8)15-13-17-24(26)28(19(3)4)20(5)6/h12-17,19-20,31H,10-11,18H2,1-9H3. The second-order valence-electron chi connectivity index (χ2n) is 8.98. The summed E-state index contributed by atoms with van der Waals surface area (Å²) < 4.78 is 11.4. The molecule has 2 rings (SSSR count). The normalized spacial score (nSPS) is 12.4. The minimum atomic E-state index is 0.0234. The maximum absolute atomic E-state index is 6.12. The van der Waals surface area contributed by atoms with Gasteiger partial charge in [0.2, 0.25) is 0 Å². The molecule has 0 aliphatic carbocycles. The first-order valence-electron chi connectivity index (χ1n) is 11.6. The number of anilines is 1. The van der Waals surface area contributed by atoms with Gasteiger partial charge in [-0.2, -0.15) is 0 Å². The maximum atomic E-state index is 6.12. The van der Waals surface area contributed by atoms with Crippen molar-refractivity contribution in [3.05, 3.63) is 53.1 Å². The fourth-order valence-corrected chi connectivity index (χ4v) is 6.42. The second-order valence-corrected chi connectivity index (χ2v) is 10.7. The highest BCUT2D eigenvalue weighted by Crippen LogP contribution is 2.52. The Morgan fingerprint density at radius 2 is 1.48 bits per heavy atom. The van der Waals surface area contributed by atoms with Crippen molar-refractivity contribution < 1.29 is 9.47 Å². The van der Waals surface area contributed by atoms with Gasteiger partial charge in [0.15, 0.2) is 6.79 Å². The van der Waals surface area contributed by atoms with E-state index in [0.29, 0.717) is 20.7 Å². The van der Waals surface area contributed by atoms with Gasteiger partial charge in [-0.15, -0.1) is 0 Å². The van der Waals surface area contributed by atoms with Crippen LogP contribution in [0.1, 0.15) is 71.1 Å². The van der Waals surface area contributed by atoms with E-state index < -0.39 is 0 Å². The van der Waals surface area contributed by atoms with Crippen LogP contribution in [0.5, 0.6) is 5.75 Å². The molecular weight excluding hydrogens is 401 g/mol. The fraction of sp³-hybridized carbons (Fsp3) is 0.556. The molecule has 0 fully saturated rings. The smallest absolute Gasteiger partial charge is 0.188 e. The van der Waals surface area contributed by atoms with Crippen molar-refractivity contribution in [2.45, 2.75) is 85.5 Å². The lowest BCUT2D eigenvalue weighted by Gasteiger charge is -2.39. The monoisotopic (exact) mass is 443 g/mol. The van der Waals surface area contributed by atoms with E-state index in [4.69, 9.17) is 9.47 Å². The van der Waals surface area contributed by atoms with Crippen LogP contribution in [0.15, 0.2) is 36.4 Å². The van der Waals surface area contributed by atoms with Crippen LogP contribution >= 0.6 is 8.58 Å². The van der Waals surface area contributed by atoms with Gasteiger partial charge < -0.3 is 14.4 Å². The average molecular weight is 444 g/mol. The van der Waals surface area contributed by atoms with Crippen molar-refractivity contribution in [2.75, 3.05) is 18.8 Å². The van der Waals surface area contributed by atoms with Crippen LogP contribution in [0.25, 0.3) is 0 Å². The molecule has 0 aromatic heterocycles. The lowest BCUT2D eigenvalue weighted by Crippen LogP contribution is -2.40. The first-order valence-corrected chi connectivity index (χ1v) is 12.6. The number of rotatable bonds is 11. The summed E-state index contributed by atoms with van der Waals surface area (Å²) >= 11 is 0. The van der Waals surface area contributed by atoms with Gasteiger partial charge in [0.25, 0.3) is 0 Å². The number of nitrogens with zero attached hydrogens (tertiary/aromatic N) is 1. The Hall–Kier alpha value is -1.57. The number of aryl methyl sites for hydroxylation is 2. The highest BCUT2D eigenvalue weighted by molar-refractivity contribution is 7.49. The van der Waals surface area contributed by atoms with Crippen molar-refractivity contribution >= 4 is 19.6 Å². The average Bonchev–Trinajstić information content (AvgIpc) is 2.72. The van der Waals surface area contributed by atoms with Crippen LogP contribution in [-0.2, 0) is 9.89 Å². The number of ether oxygens (including phenoxy) is 2. The summed E-state index contributed by atoms with van der Waals surface area (Å²) in [6.07, 6.45) is 2.12. The molecule has 0 N–H and O–H groups in total. The van der Waals surface area contributed by atoms with Crippen molar-refractivity contribution in [3.8, 4) is 5.75 Å². The lowest BCUT2D eigenvalue weighted by atomic mass is 9.90. The first kappa shape index (κ1) is 25.7. The highest BCUT2D eigenvalue weighted by atomic mass is 31.1. The van der Waals surface area contributed by atoms with Crippen LogP contribution in [0.4, 0.5) is 5.69 Å². The highest BCUT2D eigenvalue weighted by Gasteiger charge is 2.34. The predicted molar refractivity (Wildman–Crippen MR) is 138 cm³/mol. The van der Waals surface area contributed by atoms with Gasteiger partial charge >= 0.3 is 0 Å². The Bertz CT molecular complexity index is 835. The molecule has 0 aliphatic rings. The molecule has 0 saturated carbocycles. The zero-order chi connectivity index (χ0) is 23.2. The molecule has 31 heavy (non-hydrogen) atoms. The number of hydrogen-bond acceptors (Lipinski definition) is 3. The largest absolute Gasteiger partial charge is 0.467 e. The van der Waals surface area contributed by atoms with Crippen LogP contribution < -0.4 is 14.9 Å². The third-order valence-corrected chi connectivity index (χ3v) is 8.62. The number of methoxy groups -OCH3 is 1. The van der Waals surface area contributed by atoms with E-state index in [-0.39, 0.29) is 11.9 Å². The summed E-state index contributed by atoms with van der Waals surface area (Å²) in [5.41, 5.74) is 5.23. The number of benzene rings is 2. The molecule has 0 aliphatic heterocycles. The molecule has 4 heteroatoms. The van der Waals surface area contributed by atoms with Gasteiger partial charge in [-0.05, 0) is 76.9 Å². The molecule has 0 heterocycles. The Morgan fingerprint density at radius 3 is 2.03 bits per heavy atom. The molecule has 0 saturated heterocycles. The van der Waals surface area contributed by atoms with Gasteiger partial charge in [0.05, 0.1) is 0 Å². The third kappa shape index (κ3) is 5.62. The molecular formula is C27H42NO2P. The van der Waals surface area contributed by atoms with Gasteiger partial charge in [-0.25, -0.2) is 0 Å². The van der Waals surface area contributed by atoms with E-state index in [1.165, 1.54) is 27.7 Å². The van der Waals surface area contributed by atoms with Gasteiger partial charge in [0.1, 0.15) is 5.75 Å². The van der Waals surface area contributed by atoms with Crippen LogP contribution in [-0.4, -0.2) is 26.0 Å². The molecule has 1 unspecified atom stereocenters. The van der Waals surface area contributed by atoms with Crippen molar-refractivity contribution in [1.82, 2.24) is 0 Å². The Kier molecular flexibility index (Phi) is 9.40. The summed E-state index contributed by atoms with van der Waals surface area (Å²) in [5, 5.41) is 1.50. The molecule has 1 atom stereocenters. The number of hydrogen-bond donors (Lipinski definition) is 0. The minimum absolute atomic E-state index is 0.0234. The van der Waals surface area contributed by atoms with Crippen molar-refractivity contribution in [2.24, 2.45) is 0 Å². The summed E-state index contributed by atoms with van der Waals surface area (Å²) in [4.78, 5) is 2.56. The zero-order valence-corrected chi connectivity index (χ0v) is 22.0. The molecule has 0 bridgehead atoms. The molecule has 0 radical (unpaired) electrons. The summed E-state index contributed by atoms with van der Waals surface area (Å²) in [6, 6.07) is 14.2. The van der Waals surface area contributed by atoms with Gasteiger partial charge in [-0.1, -0.05) is 52.8 Å². The minimum Gasteiger partial charge on any atom is -0.467 e. The summed E-state index contributed by atoms with van der Waals surface area (Å²) in [5.74, 6) is 0.986. The lowest BCUT2D eigenvalue weighted by molar-refractivity contribution is 0.0494. The van der Waals surface area contributed by atoms with Gasteiger partial charge in [0, 0.05) is 35.6 Å².